The molecular weight excluding hydrogens is 363 g/mol. The van der Waals surface area contributed by atoms with E-state index in [-0.39, 0.29) is 11.4 Å². The monoisotopic (exact) mass is 381 g/mol. The predicted octanol–water partition coefficient (Wildman–Crippen LogP) is 2.97. The van der Waals surface area contributed by atoms with Gasteiger partial charge in [0.05, 0.1) is 7.11 Å². The molecule has 0 radical (unpaired) electrons. The number of hydrogen-bond donors (Lipinski definition) is 2. The van der Waals surface area contributed by atoms with Gasteiger partial charge < -0.3 is 15.4 Å². The van der Waals surface area contributed by atoms with Crippen molar-refractivity contribution in [2.45, 2.75) is 25.7 Å². The van der Waals surface area contributed by atoms with Gasteiger partial charge in [0.2, 0.25) is 0 Å². The van der Waals surface area contributed by atoms with Gasteiger partial charge >= 0.3 is 17.8 Å². The molecule has 0 aliphatic heterocycles. The van der Waals surface area contributed by atoms with Crippen LogP contribution >= 0.6 is 0 Å². The van der Waals surface area contributed by atoms with Crippen LogP contribution in [0.4, 0.5) is 19.0 Å². The van der Waals surface area contributed by atoms with Gasteiger partial charge in [-0.2, -0.15) is 13.2 Å². The first-order chi connectivity index (χ1) is 12.6. The van der Waals surface area contributed by atoms with Crippen LogP contribution in [0, 0.1) is 13.8 Å². The van der Waals surface area contributed by atoms with Crippen molar-refractivity contribution in [2.24, 2.45) is 0 Å². The molecule has 27 heavy (non-hydrogen) atoms. The Balaban J connectivity index is 2.46. The lowest BCUT2D eigenvalue weighted by molar-refractivity contribution is -0.203. The van der Waals surface area contributed by atoms with E-state index in [1.54, 1.807) is 31.3 Å². The minimum absolute atomic E-state index is 0.0446. The molecule has 1 amide bonds. The third-order valence-corrected chi connectivity index (χ3v) is 3.76. The van der Waals surface area contributed by atoms with Gasteiger partial charge in [0.15, 0.2) is 0 Å². The summed E-state index contributed by atoms with van der Waals surface area (Å²) in [5.74, 6) is -3.08. The fraction of sp³-hybridized carbons (Fsp3) is 0.278. The largest absolute Gasteiger partial charge is 0.466 e. The summed E-state index contributed by atoms with van der Waals surface area (Å²) < 4.78 is 46.1. The molecule has 9 heteroatoms. The van der Waals surface area contributed by atoms with E-state index >= 15 is 0 Å². The van der Waals surface area contributed by atoms with Gasteiger partial charge in [0.1, 0.15) is 5.82 Å². The van der Waals surface area contributed by atoms with Crippen LogP contribution in [0.25, 0.3) is 0 Å². The zero-order valence-electron chi connectivity index (χ0n) is 14.8. The lowest BCUT2D eigenvalue weighted by Gasteiger charge is -2.34. The van der Waals surface area contributed by atoms with Crippen molar-refractivity contribution in [3.63, 3.8) is 0 Å². The molecule has 1 atom stereocenters. The molecule has 0 aliphatic carbocycles. The first kappa shape index (κ1) is 20.2. The van der Waals surface area contributed by atoms with Gasteiger partial charge in [-0.25, -0.2) is 9.78 Å². The van der Waals surface area contributed by atoms with Crippen molar-refractivity contribution in [3.05, 3.63) is 59.3 Å². The maximum Gasteiger partial charge on any atom is 0.441 e. The highest BCUT2D eigenvalue weighted by atomic mass is 19.4. The van der Waals surface area contributed by atoms with Gasteiger partial charge in [-0.15, -0.1) is 0 Å². The number of benzene rings is 1. The maximum absolute atomic E-state index is 13.9. The van der Waals surface area contributed by atoms with E-state index in [0.717, 1.165) is 12.7 Å². The van der Waals surface area contributed by atoms with E-state index in [1.165, 1.54) is 30.5 Å². The van der Waals surface area contributed by atoms with Gasteiger partial charge in [0, 0.05) is 11.8 Å². The van der Waals surface area contributed by atoms with Crippen molar-refractivity contribution in [1.82, 2.24) is 10.3 Å². The number of amides is 1. The molecule has 1 aromatic heterocycles. The van der Waals surface area contributed by atoms with Crippen LogP contribution in [0.1, 0.15) is 21.5 Å². The van der Waals surface area contributed by atoms with E-state index in [9.17, 15) is 22.8 Å². The third-order valence-electron chi connectivity index (χ3n) is 3.76. The second-order valence-electron chi connectivity index (χ2n) is 5.91. The second kappa shape index (κ2) is 7.65. The van der Waals surface area contributed by atoms with Crippen LogP contribution in [0.15, 0.2) is 42.6 Å². The number of carbonyl (C=O) groups is 2. The number of methoxy groups -OCH3 is 1. The molecule has 2 aromatic rings. The number of rotatable bonds is 5. The van der Waals surface area contributed by atoms with Crippen LogP contribution in [0.3, 0.4) is 0 Å². The van der Waals surface area contributed by atoms with Crippen molar-refractivity contribution in [3.8, 4) is 0 Å². The number of nitrogens with zero attached hydrogens (tertiary/aromatic N) is 1. The molecule has 0 spiro atoms. The summed E-state index contributed by atoms with van der Waals surface area (Å²) in [7, 11) is 0.797. The topological polar surface area (TPSA) is 80.3 Å². The molecule has 0 saturated heterocycles. The Hall–Kier alpha value is -3.10. The normalized spacial score (nSPS) is 13.4. The highest BCUT2D eigenvalue weighted by molar-refractivity contribution is 5.99. The predicted molar refractivity (Wildman–Crippen MR) is 92.0 cm³/mol. The number of anilines is 1. The van der Waals surface area contributed by atoms with Crippen LogP contribution in [-0.4, -0.2) is 35.8 Å². The van der Waals surface area contributed by atoms with E-state index < -0.39 is 23.7 Å². The number of nitrogens with one attached hydrogen (secondary N) is 2. The first-order valence-electron chi connectivity index (χ1n) is 7.84. The Morgan fingerprint density at radius 2 is 1.59 bits per heavy atom. The van der Waals surface area contributed by atoms with Crippen LogP contribution in [0.2, 0.25) is 0 Å². The van der Waals surface area contributed by atoms with Gasteiger partial charge in [0.25, 0.3) is 5.91 Å². The van der Waals surface area contributed by atoms with Crippen molar-refractivity contribution in [2.75, 3.05) is 12.4 Å². The van der Waals surface area contributed by atoms with Gasteiger partial charge in [-0.3, -0.25) is 4.79 Å². The van der Waals surface area contributed by atoms with E-state index in [1.807, 2.05) is 5.32 Å². The van der Waals surface area contributed by atoms with E-state index in [2.05, 4.69) is 9.72 Å². The Labute approximate surface area is 153 Å². The average Bonchev–Trinajstić information content (AvgIpc) is 2.61. The minimum Gasteiger partial charge on any atom is -0.466 e. The molecule has 1 heterocycles. The number of ether oxygens (including phenoxy) is 1. The van der Waals surface area contributed by atoms with Gasteiger partial charge in [-0.1, -0.05) is 23.8 Å². The maximum atomic E-state index is 13.9. The standard InChI is InChI=1S/C18H18F3N3O3/c1-11-4-7-13(8-5-11)15(25)24-17(16(26)27-3,18(19,20)21)23-14-9-6-12(2)10-22-14/h4-10H,1-3H3,(H,22,23)(H,24,25)/t17-/m1/s1. The first-order valence-corrected chi connectivity index (χ1v) is 7.84. The summed E-state index contributed by atoms with van der Waals surface area (Å²) in [6, 6.07) is 8.61. The van der Waals surface area contributed by atoms with Crippen molar-refractivity contribution < 1.29 is 27.5 Å². The zero-order chi connectivity index (χ0) is 20.2. The number of aromatic nitrogens is 1. The molecule has 0 fully saturated rings. The molecule has 6 nitrogen and oxygen atoms in total. The number of hydrogen-bond acceptors (Lipinski definition) is 5. The molecule has 1 aromatic carbocycles. The van der Waals surface area contributed by atoms with E-state index in [4.69, 9.17) is 0 Å². The van der Waals surface area contributed by atoms with Gasteiger partial charge in [-0.05, 0) is 37.6 Å². The SMILES string of the molecule is COC(=O)[C@](NC(=O)c1ccc(C)cc1)(Nc1ccc(C)cn1)C(F)(F)F. The Morgan fingerprint density at radius 1 is 1.00 bits per heavy atom. The number of halogens is 3. The minimum atomic E-state index is -5.22. The molecule has 0 aliphatic rings. The van der Waals surface area contributed by atoms with Crippen molar-refractivity contribution in [1.29, 1.82) is 0 Å². The molecular formula is C18H18F3N3O3. The Bertz CT molecular complexity index is 820. The van der Waals surface area contributed by atoms with Crippen LogP contribution in [0.5, 0.6) is 0 Å². The third kappa shape index (κ3) is 4.36. The molecule has 0 unspecified atom stereocenters. The molecule has 2 N–H and O–H groups in total. The number of alkyl halides is 3. The molecule has 0 saturated carbocycles. The summed E-state index contributed by atoms with van der Waals surface area (Å²) in [5, 5.41) is 3.71. The highest BCUT2D eigenvalue weighted by Crippen LogP contribution is 2.33. The number of aryl methyl sites for hydroxylation is 2. The molecule has 0 bridgehead atoms. The number of esters is 1. The van der Waals surface area contributed by atoms with Crippen LogP contribution in [-0.2, 0) is 9.53 Å². The summed E-state index contributed by atoms with van der Waals surface area (Å²) in [5.41, 5.74) is -2.02. The molecule has 144 valence electrons. The number of carbonyl (C=O) groups excluding carboxylic acids is 2. The number of pyridine rings is 1. The highest BCUT2D eigenvalue weighted by Gasteiger charge is 2.63. The summed E-state index contributed by atoms with van der Waals surface area (Å²) >= 11 is 0. The Morgan fingerprint density at radius 3 is 2.07 bits per heavy atom. The summed E-state index contributed by atoms with van der Waals surface area (Å²) in [6.07, 6.45) is -3.89. The van der Waals surface area contributed by atoms with Crippen molar-refractivity contribution >= 4 is 17.7 Å². The fourth-order valence-electron chi connectivity index (χ4n) is 2.23. The smallest absolute Gasteiger partial charge is 0.441 e. The zero-order valence-corrected chi connectivity index (χ0v) is 14.8. The van der Waals surface area contributed by atoms with E-state index in [0.29, 0.717) is 5.56 Å². The molecule has 2 rings (SSSR count). The average molecular weight is 381 g/mol. The quantitative estimate of drug-likeness (QED) is 0.615. The summed E-state index contributed by atoms with van der Waals surface area (Å²) in [6.45, 7) is 3.47. The fourth-order valence-corrected chi connectivity index (χ4v) is 2.23. The summed E-state index contributed by atoms with van der Waals surface area (Å²) in [4.78, 5) is 28.3. The lowest BCUT2D eigenvalue weighted by atomic mass is 10.1. The lowest BCUT2D eigenvalue weighted by Crippen LogP contribution is -2.69. The van der Waals surface area contributed by atoms with Crippen LogP contribution < -0.4 is 10.6 Å². The second-order valence-corrected chi connectivity index (χ2v) is 5.91. The Kier molecular flexibility index (Phi) is 5.72.